The van der Waals surface area contributed by atoms with Crippen LogP contribution >= 0.6 is 11.3 Å². The Labute approximate surface area is 210 Å². The molecule has 1 atom stereocenters. The van der Waals surface area contributed by atoms with E-state index in [4.69, 9.17) is 10.5 Å². The summed E-state index contributed by atoms with van der Waals surface area (Å²) in [4.78, 5) is 38.8. The Balaban J connectivity index is 2.04. The Morgan fingerprint density at radius 2 is 1.92 bits per heavy atom. The zero-order valence-electron chi connectivity index (χ0n) is 19.7. The highest BCUT2D eigenvalue weighted by Crippen LogP contribution is 2.37. The third kappa shape index (κ3) is 4.39. The van der Waals surface area contributed by atoms with Gasteiger partial charge in [0.25, 0.3) is 11.5 Å². The number of hydrogen-bond acceptors (Lipinski definition) is 8. The molecule has 2 aromatic carbocycles. The molecule has 1 unspecified atom stereocenters. The van der Waals surface area contributed by atoms with Crippen molar-refractivity contribution in [1.82, 2.24) is 4.57 Å². The number of aryl methyl sites for hydroxylation is 1. The molecule has 182 valence electrons. The van der Waals surface area contributed by atoms with Crippen molar-refractivity contribution in [3.8, 4) is 11.8 Å². The van der Waals surface area contributed by atoms with Crippen LogP contribution in [-0.2, 0) is 14.3 Å². The van der Waals surface area contributed by atoms with E-state index in [0.717, 1.165) is 27.5 Å². The second kappa shape index (κ2) is 9.93. The zero-order valence-corrected chi connectivity index (χ0v) is 20.5. The molecule has 3 aromatic rings. The van der Waals surface area contributed by atoms with Gasteiger partial charge < -0.3 is 20.5 Å². The predicted molar refractivity (Wildman–Crippen MR) is 136 cm³/mol. The molecule has 2 heterocycles. The second-order valence-electron chi connectivity index (χ2n) is 7.93. The molecule has 3 N–H and O–H groups in total. The van der Waals surface area contributed by atoms with Gasteiger partial charge in [-0.15, -0.1) is 11.3 Å². The molecular formula is C26H22N4O5S. The number of benzene rings is 2. The van der Waals surface area contributed by atoms with Gasteiger partial charge in [-0.05, 0) is 42.3 Å². The first-order valence-corrected chi connectivity index (χ1v) is 11.6. The van der Waals surface area contributed by atoms with Crippen molar-refractivity contribution in [2.75, 3.05) is 19.5 Å². The summed E-state index contributed by atoms with van der Waals surface area (Å²) in [7, 11) is 2.73. The Morgan fingerprint density at radius 1 is 1.19 bits per heavy atom. The molecule has 1 aliphatic rings. The smallest absolute Gasteiger partial charge is 0.332 e. The molecule has 1 aliphatic heterocycles. The number of allylic oxidation sites excluding steroid dienone is 1. The summed E-state index contributed by atoms with van der Waals surface area (Å²) in [6, 6.07) is 16.2. The van der Waals surface area contributed by atoms with Crippen LogP contribution in [0.15, 0.2) is 58.9 Å². The van der Waals surface area contributed by atoms with Gasteiger partial charge in [0.15, 0.2) is 0 Å². The van der Waals surface area contributed by atoms with Gasteiger partial charge in [-0.25, -0.2) is 4.79 Å². The van der Waals surface area contributed by atoms with Crippen molar-refractivity contribution < 1.29 is 19.1 Å². The lowest BCUT2D eigenvalue weighted by Gasteiger charge is -2.25. The molecule has 9 nitrogen and oxygen atoms in total. The third-order valence-corrected chi connectivity index (χ3v) is 6.80. The number of carbonyl (C=O) groups is 2. The van der Waals surface area contributed by atoms with Crippen LogP contribution in [-0.4, -0.2) is 30.7 Å². The van der Waals surface area contributed by atoms with Crippen LogP contribution < -0.4 is 30.5 Å². The lowest BCUT2D eigenvalue weighted by atomic mass is 9.83. The fourth-order valence-electron chi connectivity index (χ4n) is 3.98. The molecule has 0 radical (unpaired) electrons. The Morgan fingerprint density at radius 3 is 2.53 bits per heavy atom. The number of methoxy groups -OCH3 is 2. The molecule has 36 heavy (non-hydrogen) atoms. The maximum atomic E-state index is 13.8. The average molecular weight is 503 g/mol. The van der Waals surface area contributed by atoms with Gasteiger partial charge in [0, 0.05) is 11.8 Å². The average Bonchev–Trinajstić information content (AvgIpc) is 3.19. The number of nitrogens with two attached hydrogens (primary N) is 1. The molecule has 0 fully saturated rings. The molecule has 10 heteroatoms. The van der Waals surface area contributed by atoms with Gasteiger partial charge in [0.2, 0.25) is 0 Å². The third-order valence-electron chi connectivity index (χ3n) is 5.69. The van der Waals surface area contributed by atoms with E-state index in [2.05, 4.69) is 16.1 Å². The fourth-order valence-corrected chi connectivity index (χ4v) is 5.12. The Bertz CT molecular complexity index is 1620. The number of ether oxygens (including phenoxy) is 2. The van der Waals surface area contributed by atoms with Gasteiger partial charge in [-0.2, -0.15) is 5.26 Å². The van der Waals surface area contributed by atoms with Crippen LogP contribution in [0.1, 0.15) is 17.0 Å². The minimum atomic E-state index is -0.866. The summed E-state index contributed by atoms with van der Waals surface area (Å²) in [6.45, 7) is 1.90. The number of hydrogen-bond donors (Lipinski definition) is 2. The molecule has 0 saturated carbocycles. The van der Waals surface area contributed by atoms with Gasteiger partial charge >= 0.3 is 5.97 Å². The van der Waals surface area contributed by atoms with Crippen molar-refractivity contribution in [3.63, 3.8) is 0 Å². The van der Waals surface area contributed by atoms with Crippen molar-refractivity contribution >= 4 is 46.4 Å². The molecule has 0 bridgehead atoms. The van der Waals surface area contributed by atoms with Gasteiger partial charge in [0.05, 0.1) is 37.4 Å². The van der Waals surface area contributed by atoms with Crippen LogP contribution in [0.3, 0.4) is 0 Å². The number of rotatable bonds is 5. The molecule has 1 amide bonds. The number of amides is 1. The monoisotopic (exact) mass is 502 g/mol. The lowest BCUT2D eigenvalue weighted by molar-refractivity contribution is -0.133. The van der Waals surface area contributed by atoms with E-state index in [-0.39, 0.29) is 26.2 Å². The Kier molecular flexibility index (Phi) is 6.76. The number of nitrogens with zero attached hydrogens (tertiary/aromatic N) is 2. The van der Waals surface area contributed by atoms with Crippen LogP contribution in [0.2, 0.25) is 0 Å². The summed E-state index contributed by atoms with van der Waals surface area (Å²) in [5, 5.41) is 12.9. The maximum absolute atomic E-state index is 13.8. The van der Waals surface area contributed by atoms with Crippen LogP contribution in [0, 0.1) is 18.3 Å². The van der Waals surface area contributed by atoms with Gasteiger partial charge in [-0.1, -0.05) is 24.3 Å². The largest absolute Gasteiger partial charge is 0.497 e. The summed E-state index contributed by atoms with van der Waals surface area (Å²) in [5.41, 5.74) is 7.98. The number of carbonyl (C=O) groups excluding carboxylic acids is 2. The lowest BCUT2D eigenvalue weighted by Crippen LogP contribution is -2.40. The fraction of sp³-hybridized carbons (Fsp3) is 0.154. The number of nitriles is 1. The maximum Gasteiger partial charge on any atom is 0.332 e. The number of esters is 1. The summed E-state index contributed by atoms with van der Waals surface area (Å²) in [6.07, 6.45) is 1.04. The van der Waals surface area contributed by atoms with E-state index in [1.54, 1.807) is 42.5 Å². The molecule has 0 aliphatic carbocycles. The van der Waals surface area contributed by atoms with E-state index in [9.17, 15) is 19.6 Å². The number of nitrogens with one attached hydrogen (secondary N) is 1. The minimum Gasteiger partial charge on any atom is -0.497 e. The Hall–Kier alpha value is -4.62. The van der Waals surface area contributed by atoms with Crippen molar-refractivity contribution in [2.24, 2.45) is 5.73 Å². The highest BCUT2D eigenvalue weighted by molar-refractivity contribution is 7.07. The topological polar surface area (TPSA) is 136 Å². The predicted octanol–water partition coefficient (Wildman–Crippen LogP) is 1.42. The van der Waals surface area contributed by atoms with E-state index in [1.165, 1.54) is 14.2 Å². The molecule has 1 aromatic heterocycles. The van der Waals surface area contributed by atoms with E-state index in [0.29, 0.717) is 17.0 Å². The van der Waals surface area contributed by atoms with E-state index < -0.39 is 23.4 Å². The number of aromatic nitrogens is 1. The van der Waals surface area contributed by atoms with E-state index >= 15 is 0 Å². The first-order chi connectivity index (χ1) is 17.3. The first-order valence-electron chi connectivity index (χ1n) is 10.8. The molecular weight excluding hydrogens is 480 g/mol. The standard InChI is InChI=1S/C26H22N4O5S/c1-14-5-4-6-16(11-14)29-24(32)22-21(15-7-9-17(34-2)10-8-15)18(13-27)23(28)30-25(33)19(36-26(22)30)12-20(31)35-3/h4-12,21H,28H2,1-3H3,(H,29,32)/b19-12-. The van der Waals surface area contributed by atoms with Crippen molar-refractivity contribution in [3.05, 3.63) is 84.8 Å². The number of fused-ring (bicyclic) bond motifs is 1. The summed E-state index contributed by atoms with van der Waals surface area (Å²) in [5.74, 6) is -1.62. The van der Waals surface area contributed by atoms with Crippen molar-refractivity contribution in [2.45, 2.75) is 12.8 Å². The first kappa shape index (κ1) is 24.5. The molecule has 4 rings (SSSR count). The molecule has 0 spiro atoms. The van der Waals surface area contributed by atoms with Crippen molar-refractivity contribution in [1.29, 1.82) is 5.26 Å². The number of anilines is 1. The van der Waals surface area contributed by atoms with Crippen LogP contribution in [0.5, 0.6) is 5.75 Å². The van der Waals surface area contributed by atoms with Crippen LogP contribution in [0.4, 0.5) is 5.69 Å². The zero-order chi connectivity index (χ0) is 26.0. The quantitative estimate of drug-likeness (QED) is 0.504. The summed E-state index contributed by atoms with van der Waals surface area (Å²) < 4.78 is 11.2. The highest BCUT2D eigenvalue weighted by atomic mass is 32.1. The van der Waals surface area contributed by atoms with Gasteiger partial charge in [-0.3, -0.25) is 14.2 Å². The minimum absolute atomic E-state index is 0.0216. The number of thiazole rings is 1. The van der Waals surface area contributed by atoms with Gasteiger partial charge in [0.1, 0.15) is 20.8 Å². The van der Waals surface area contributed by atoms with E-state index in [1.807, 2.05) is 13.0 Å². The molecule has 0 saturated heterocycles. The highest BCUT2D eigenvalue weighted by Gasteiger charge is 2.35. The normalized spacial score (nSPS) is 15.2. The summed E-state index contributed by atoms with van der Waals surface area (Å²) >= 11 is 0.926. The van der Waals surface area contributed by atoms with Crippen LogP contribution in [0.25, 0.3) is 17.5 Å². The SMILES string of the molecule is COC(=O)/C=c1\sc2n(c1=O)C(N)=C(C#N)C(c1ccc(OC)cc1)C=2C(=O)Nc1cccc(C)c1. The second-order valence-corrected chi connectivity index (χ2v) is 8.96.